The summed E-state index contributed by atoms with van der Waals surface area (Å²) in [7, 11) is -2.33. The van der Waals surface area contributed by atoms with Crippen LogP contribution in [0.25, 0.3) is 0 Å². The summed E-state index contributed by atoms with van der Waals surface area (Å²) >= 11 is 0. The van der Waals surface area contributed by atoms with E-state index in [1.165, 1.54) is 13.3 Å². The highest BCUT2D eigenvalue weighted by atomic mass is 32.2. The number of aromatic carboxylic acids is 1. The van der Waals surface area contributed by atoms with Crippen LogP contribution in [0.3, 0.4) is 0 Å². The first kappa shape index (κ1) is 13.3. The number of carbonyl (C=O) groups is 1. The van der Waals surface area contributed by atoms with Crippen molar-refractivity contribution in [3.8, 4) is 0 Å². The van der Waals surface area contributed by atoms with Crippen molar-refractivity contribution >= 4 is 21.8 Å². The fraction of sp³-hybridized carbons (Fsp3) is 0.375. The highest BCUT2D eigenvalue weighted by Crippen LogP contribution is 2.10. The molecule has 0 atom stereocenters. The van der Waals surface area contributed by atoms with Gasteiger partial charge in [-0.3, -0.25) is 4.72 Å². The van der Waals surface area contributed by atoms with Crippen molar-refractivity contribution in [2.75, 3.05) is 24.2 Å². The Bertz CT molecular complexity index is 502. The van der Waals surface area contributed by atoms with E-state index in [1.807, 2.05) is 4.72 Å². The third-order valence-corrected chi connectivity index (χ3v) is 2.92. The molecule has 0 saturated heterocycles. The number of methoxy groups -OCH3 is 1. The summed E-state index contributed by atoms with van der Waals surface area (Å²) in [5, 5.41) is 8.78. The van der Waals surface area contributed by atoms with Gasteiger partial charge in [-0.05, 0) is 0 Å². The smallest absolute Gasteiger partial charge is 0.358 e. The molecule has 1 aromatic rings. The maximum atomic E-state index is 11.5. The molecule has 0 fully saturated rings. The molecule has 0 aromatic carbocycles. The molecule has 0 spiro atoms. The lowest BCUT2D eigenvalue weighted by Crippen LogP contribution is -2.22. The van der Waals surface area contributed by atoms with Crippen LogP contribution in [0.15, 0.2) is 12.4 Å². The molecule has 0 aliphatic carbocycles. The van der Waals surface area contributed by atoms with Gasteiger partial charge in [0.1, 0.15) is 0 Å². The first-order chi connectivity index (χ1) is 7.96. The molecule has 0 aliphatic rings. The largest absolute Gasteiger partial charge is 0.476 e. The molecule has 0 amide bonds. The Morgan fingerprint density at radius 2 is 2.12 bits per heavy atom. The number of carboxylic acids is 1. The van der Waals surface area contributed by atoms with Crippen LogP contribution in [0.5, 0.6) is 0 Å². The van der Waals surface area contributed by atoms with Gasteiger partial charge in [0, 0.05) is 19.5 Å². The zero-order valence-corrected chi connectivity index (χ0v) is 9.77. The standard InChI is InChI=1S/C8H11N3O5S/c1-16-4-5-17(14,15)11-7-6(8(12)13)9-2-3-10-7/h2-3H,4-5H2,1H3,(H,10,11)(H,12,13). The minimum atomic E-state index is -3.69. The fourth-order valence-electron chi connectivity index (χ4n) is 0.961. The van der Waals surface area contributed by atoms with E-state index >= 15 is 0 Å². The number of rotatable bonds is 6. The van der Waals surface area contributed by atoms with E-state index in [9.17, 15) is 13.2 Å². The highest BCUT2D eigenvalue weighted by Gasteiger charge is 2.18. The Morgan fingerprint density at radius 1 is 1.47 bits per heavy atom. The number of anilines is 1. The summed E-state index contributed by atoms with van der Waals surface area (Å²) in [6.07, 6.45) is 2.36. The Morgan fingerprint density at radius 3 is 2.71 bits per heavy atom. The van der Waals surface area contributed by atoms with Gasteiger partial charge >= 0.3 is 5.97 Å². The number of aromatic nitrogens is 2. The molecule has 94 valence electrons. The van der Waals surface area contributed by atoms with Gasteiger partial charge < -0.3 is 9.84 Å². The van der Waals surface area contributed by atoms with Crippen LogP contribution in [-0.4, -0.2) is 48.9 Å². The maximum absolute atomic E-state index is 11.5. The normalized spacial score (nSPS) is 11.1. The zero-order valence-electron chi connectivity index (χ0n) is 8.95. The van der Waals surface area contributed by atoms with Crippen molar-refractivity contribution in [2.45, 2.75) is 0 Å². The number of sulfonamides is 1. The summed E-state index contributed by atoms with van der Waals surface area (Å²) in [5.41, 5.74) is -0.450. The minimum absolute atomic E-state index is 0.00198. The van der Waals surface area contributed by atoms with Gasteiger partial charge in [-0.2, -0.15) is 0 Å². The number of nitrogens with one attached hydrogen (secondary N) is 1. The van der Waals surface area contributed by atoms with Crippen molar-refractivity contribution in [1.82, 2.24) is 9.97 Å². The van der Waals surface area contributed by atoms with Crippen molar-refractivity contribution in [3.63, 3.8) is 0 Å². The van der Waals surface area contributed by atoms with E-state index in [1.54, 1.807) is 0 Å². The third kappa shape index (κ3) is 3.96. The summed E-state index contributed by atoms with van der Waals surface area (Å²) in [6, 6.07) is 0. The monoisotopic (exact) mass is 261 g/mol. The lowest BCUT2D eigenvalue weighted by Gasteiger charge is -2.07. The van der Waals surface area contributed by atoms with Crippen LogP contribution < -0.4 is 4.72 Å². The summed E-state index contributed by atoms with van der Waals surface area (Å²) in [6.45, 7) is -0.00198. The SMILES string of the molecule is COCCS(=O)(=O)Nc1nccnc1C(=O)O. The van der Waals surface area contributed by atoms with Crippen LogP contribution in [0.1, 0.15) is 10.5 Å². The molecular weight excluding hydrogens is 250 g/mol. The molecule has 0 radical (unpaired) electrons. The zero-order chi connectivity index (χ0) is 12.9. The van der Waals surface area contributed by atoms with Crippen molar-refractivity contribution < 1.29 is 23.1 Å². The van der Waals surface area contributed by atoms with Gasteiger partial charge in [-0.25, -0.2) is 23.2 Å². The molecular formula is C8H11N3O5S. The van der Waals surface area contributed by atoms with Gasteiger partial charge in [0.05, 0.1) is 12.4 Å². The molecule has 1 aromatic heterocycles. The predicted octanol–water partition coefficient (Wildman–Crippen LogP) is -0.437. The van der Waals surface area contributed by atoms with Gasteiger partial charge in [-0.1, -0.05) is 0 Å². The second-order valence-electron chi connectivity index (χ2n) is 2.97. The number of nitrogens with zero attached hydrogens (tertiary/aromatic N) is 2. The highest BCUT2D eigenvalue weighted by molar-refractivity contribution is 7.92. The molecule has 8 nitrogen and oxygen atoms in total. The van der Waals surface area contributed by atoms with Gasteiger partial charge in [0.25, 0.3) is 0 Å². The van der Waals surface area contributed by atoms with Crippen LogP contribution in [-0.2, 0) is 14.8 Å². The second-order valence-corrected chi connectivity index (χ2v) is 4.81. The summed E-state index contributed by atoms with van der Waals surface area (Å²) in [4.78, 5) is 17.9. The first-order valence-corrected chi connectivity index (χ1v) is 6.15. The van der Waals surface area contributed by atoms with E-state index in [-0.39, 0.29) is 18.2 Å². The van der Waals surface area contributed by atoms with Crippen LogP contribution in [0.4, 0.5) is 5.82 Å². The third-order valence-electron chi connectivity index (χ3n) is 1.71. The van der Waals surface area contributed by atoms with Gasteiger partial charge in [0.2, 0.25) is 10.0 Å². The Kier molecular flexibility index (Phi) is 4.35. The molecule has 2 N–H and O–H groups in total. The number of hydrogen-bond donors (Lipinski definition) is 2. The van der Waals surface area contributed by atoms with Crippen molar-refractivity contribution in [1.29, 1.82) is 0 Å². The first-order valence-electron chi connectivity index (χ1n) is 4.50. The Labute approximate surface area is 97.7 Å². The molecule has 17 heavy (non-hydrogen) atoms. The van der Waals surface area contributed by atoms with Crippen molar-refractivity contribution in [3.05, 3.63) is 18.1 Å². The van der Waals surface area contributed by atoms with E-state index in [0.29, 0.717) is 0 Å². The minimum Gasteiger partial charge on any atom is -0.476 e. The van der Waals surface area contributed by atoms with Gasteiger partial charge in [0.15, 0.2) is 11.5 Å². The molecule has 0 bridgehead atoms. The molecule has 1 heterocycles. The van der Waals surface area contributed by atoms with Crippen molar-refractivity contribution in [2.24, 2.45) is 0 Å². The summed E-state index contributed by atoms with van der Waals surface area (Å²) < 4.78 is 29.6. The molecule has 0 unspecified atom stereocenters. The van der Waals surface area contributed by atoms with Crippen LogP contribution in [0.2, 0.25) is 0 Å². The predicted molar refractivity (Wildman–Crippen MR) is 58.3 cm³/mol. The van der Waals surface area contributed by atoms with Crippen LogP contribution >= 0.6 is 0 Å². The molecule has 0 saturated carbocycles. The lowest BCUT2D eigenvalue weighted by atomic mass is 10.4. The number of ether oxygens (including phenoxy) is 1. The number of hydrogen-bond acceptors (Lipinski definition) is 6. The molecule has 9 heteroatoms. The van der Waals surface area contributed by atoms with Crippen LogP contribution in [0, 0.1) is 0 Å². The maximum Gasteiger partial charge on any atom is 0.358 e. The van der Waals surface area contributed by atoms with E-state index in [2.05, 4.69) is 14.7 Å². The second kappa shape index (κ2) is 5.55. The van der Waals surface area contributed by atoms with E-state index < -0.39 is 21.7 Å². The Hall–Kier alpha value is -1.74. The van der Waals surface area contributed by atoms with E-state index in [4.69, 9.17) is 5.11 Å². The number of carboxylic acid groups (broad SMARTS) is 1. The summed E-state index contributed by atoms with van der Waals surface area (Å²) in [5.74, 6) is -1.96. The Balaban J connectivity index is 2.92. The molecule has 1 rings (SSSR count). The van der Waals surface area contributed by atoms with Gasteiger partial charge in [-0.15, -0.1) is 0 Å². The topological polar surface area (TPSA) is 118 Å². The fourth-order valence-corrected chi connectivity index (χ4v) is 1.89. The average Bonchev–Trinajstić information content (AvgIpc) is 2.26. The molecule has 0 aliphatic heterocycles. The van der Waals surface area contributed by atoms with E-state index in [0.717, 1.165) is 6.20 Å². The quantitative estimate of drug-likeness (QED) is 0.712. The lowest BCUT2D eigenvalue weighted by molar-refractivity contribution is 0.0691. The average molecular weight is 261 g/mol.